The van der Waals surface area contributed by atoms with Gasteiger partial charge in [0.05, 0.1) is 0 Å². The van der Waals surface area contributed by atoms with Gasteiger partial charge < -0.3 is 9.47 Å². The number of ether oxygens (including phenoxy) is 2. The summed E-state index contributed by atoms with van der Waals surface area (Å²) in [5, 5.41) is 0. The van der Waals surface area contributed by atoms with Gasteiger partial charge in [-0.3, -0.25) is 4.79 Å². The van der Waals surface area contributed by atoms with E-state index in [2.05, 4.69) is 0 Å². The first-order chi connectivity index (χ1) is 7.63. The monoisotopic (exact) mass is 220 g/mol. The quantitative estimate of drug-likeness (QED) is 0.782. The number of carbonyl (C=O) groups is 1. The molecule has 1 aromatic carbocycles. The van der Waals surface area contributed by atoms with Crippen LogP contribution in [-0.4, -0.2) is 25.1 Å². The maximum atomic E-state index is 11.2. The van der Waals surface area contributed by atoms with Crippen LogP contribution < -0.4 is 4.74 Å². The van der Waals surface area contributed by atoms with Crippen molar-refractivity contribution in [2.24, 2.45) is 0 Å². The van der Waals surface area contributed by atoms with Crippen LogP contribution in [-0.2, 0) is 9.53 Å². The Hall–Kier alpha value is -1.35. The van der Waals surface area contributed by atoms with Gasteiger partial charge in [-0.15, -0.1) is 0 Å². The lowest BCUT2D eigenvalue weighted by atomic mass is 9.90. The van der Waals surface area contributed by atoms with Crippen molar-refractivity contribution >= 4 is 5.78 Å². The minimum Gasteiger partial charge on any atom is -0.486 e. The topological polar surface area (TPSA) is 35.5 Å². The molecule has 0 heterocycles. The molecule has 1 aliphatic rings. The van der Waals surface area contributed by atoms with Gasteiger partial charge in [0.1, 0.15) is 11.9 Å². The van der Waals surface area contributed by atoms with Gasteiger partial charge in [0.25, 0.3) is 0 Å². The zero-order valence-corrected chi connectivity index (χ0v) is 9.82. The van der Waals surface area contributed by atoms with Gasteiger partial charge in [-0.2, -0.15) is 0 Å². The first kappa shape index (κ1) is 11.1. The normalized spacial score (nSPS) is 24.1. The number of hydrogen-bond acceptors (Lipinski definition) is 3. The molecule has 0 spiro atoms. The molecule has 0 radical (unpaired) electrons. The van der Waals surface area contributed by atoms with Gasteiger partial charge in [-0.05, 0) is 31.0 Å². The highest BCUT2D eigenvalue weighted by Gasteiger charge is 2.42. The van der Waals surface area contributed by atoms with Crippen LogP contribution in [0.5, 0.6) is 5.75 Å². The first-order valence-electron chi connectivity index (χ1n) is 5.42. The average molecular weight is 220 g/mol. The molecule has 0 bridgehead atoms. The molecule has 2 rings (SSSR count). The van der Waals surface area contributed by atoms with Crippen molar-refractivity contribution < 1.29 is 14.3 Å². The van der Waals surface area contributed by atoms with Gasteiger partial charge in [0, 0.05) is 13.5 Å². The average Bonchev–Trinajstić information content (AvgIpc) is 2.24. The van der Waals surface area contributed by atoms with Crippen molar-refractivity contribution in [1.82, 2.24) is 0 Å². The fraction of sp³-hybridized carbons (Fsp3) is 0.462. The van der Waals surface area contributed by atoms with Gasteiger partial charge in [0.2, 0.25) is 0 Å². The summed E-state index contributed by atoms with van der Waals surface area (Å²) in [6, 6.07) is 5.93. The third-order valence-electron chi connectivity index (χ3n) is 3.14. The Bertz CT molecular complexity index is 412. The Morgan fingerprint density at radius 2 is 2.06 bits per heavy atom. The maximum Gasteiger partial charge on any atom is 0.169 e. The summed E-state index contributed by atoms with van der Waals surface area (Å²) in [5.41, 5.74) is 2.31. The van der Waals surface area contributed by atoms with E-state index in [1.807, 2.05) is 32.0 Å². The van der Waals surface area contributed by atoms with Crippen LogP contribution in [0.25, 0.3) is 0 Å². The highest BCUT2D eigenvalue weighted by molar-refractivity contribution is 5.90. The van der Waals surface area contributed by atoms with E-state index in [1.54, 1.807) is 7.11 Å². The lowest BCUT2D eigenvalue weighted by molar-refractivity contribution is -0.151. The van der Waals surface area contributed by atoms with Gasteiger partial charge in [-0.1, -0.05) is 12.1 Å². The zero-order valence-electron chi connectivity index (χ0n) is 9.82. The largest absolute Gasteiger partial charge is 0.486 e. The molecule has 1 saturated carbocycles. The number of ketones is 1. The molecule has 16 heavy (non-hydrogen) atoms. The first-order valence-corrected chi connectivity index (χ1v) is 5.42. The van der Waals surface area contributed by atoms with E-state index in [0.717, 1.165) is 11.3 Å². The molecule has 2 unspecified atom stereocenters. The van der Waals surface area contributed by atoms with Crippen molar-refractivity contribution in [2.75, 3.05) is 7.11 Å². The van der Waals surface area contributed by atoms with Crippen molar-refractivity contribution in [3.05, 3.63) is 29.3 Å². The number of methoxy groups -OCH3 is 1. The fourth-order valence-electron chi connectivity index (χ4n) is 1.87. The second-order valence-electron chi connectivity index (χ2n) is 4.18. The van der Waals surface area contributed by atoms with Crippen LogP contribution in [0.4, 0.5) is 0 Å². The molecule has 86 valence electrons. The lowest BCUT2D eigenvalue weighted by Gasteiger charge is -2.34. The molecule has 0 aliphatic heterocycles. The van der Waals surface area contributed by atoms with E-state index >= 15 is 0 Å². The van der Waals surface area contributed by atoms with E-state index in [-0.39, 0.29) is 18.0 Å². The Kier molecular flexibility index (Phi) is 2.97. The molecule has 1 fully saturated rings. The van der Waals surface area contributed by atoms with E-state index in [9.17, 15) is 4.79 Å². The minimum absolute atomic E-state index is 0.123. The Morgan fingerprint density at radius 1 is 1.31 bits per heavy atom. The minimum atomic E-state index is -0.389. The standard InChI is InChI=1S/C13H16O3/c1-8-5-4-6-11(9(8)2)16-12-7-10(14)13(12)15-3/h4-6,12-13H,7H2,1-3H3. The second-order valence-corrected chi connectivity index (χ2v) is 4.18. The van der Waals surface area contributed by atoms with Crippen LogP contribution >= 0.6 is 0 Å². The van der Waals surface area contributed by atoms with E-state index in [0.29, 0.717) is 6.42 Å². The summed E-state index contributed by atoms with van der Waals surface area (Å²) in [6.07, 6.45) is -0.0655. The molecule has 3 nitrogen and oxygen atoms in total. The van der Waals surface area contributed by atoms with Crippen molar-refractivity contribution in [3.8, 4) is 5.75 Å². The molecule has 3 heteroatoms. The summed E-state index contributed by atoms with van der Waals surface area (Å²) in [5.74, 6) is 0.970. The Morgan fingerprint density at radius 3 is 2.69 bits per heavy atom. The number of benzene rings is 1. The highest BCUT2D eigenvalue weighted by atomic mass is 16.5. The molecule has 0 saturated heterocycles. The van der Waals surface area contributed by atoms with Crippen LogP contribution in [0.3, 0.4) is 0 Å². The zero-order chi connectivity index (χ0) is 11.7. The number of Topliss-reactive ketones (excluding diaryl/α,β-unsaturated/α-hetero) is 1. The Labute approximate surface area is 95.4 Å². The fourth-order valence-corrected chi connectivity index (χ4v) is 1.87. The van der Waals surface area contributed by atoms with Crippen molar-refractivity contribution in [3.63, 3.8) is 0 Å². The summed E-state index contributed by atoms with van der Waals surface area (Å²) in [4.78, 5) is 11.2. The summed E-state index contributed by atoms with van der Waals surface area (Å²) >= 11 is 0. The lowest BCUT2D eigenvalue weighted by Crippen LogP contribution is -2.51. The summed E-state index contributed by atoms with van der Waals surface area (Å²) < 4.78 is 10.9. The molecule has 2 atom stereocenters. The van der Waals surface area contributed by atoms with Crippen LogP contribution in [0.1, 0.15) is 17.5 Å². The highest BCUT2D eigenvalue weighted by Crippen LogP contribution is 2.28. The summed E-state index contributed by atoms with van der Waals surface area (Å²) in [7, 11) is 1.54. The van der Waals surface area contributed by atoms with E-state index < -0.39 is 0 Å². The van der Waals surface area contributed by atoms with Gasteiger partial charge in [0.15, 0.2) is 11.9 Å². The predicted molar refractivity (Wildman–Crippen MR) is 60.8 cm³/mol. The van der Waals surface area contributed by atoms with Crippen LogP contribution in [0.2, 0.25) is 0 Å². The smallest absolute Gasteiger partial charge is 0.169 e. The molecule has 1 aromatic rings. The SMILES string of the molecule is COC1C(=O)CC1Oc1cccc(C)c1C. The molecular weight excluding hydrogens is 204 g/mol. The molecule has 0 aromatic heterocycles. The van der Waals surface area contributed by atoms with Gasteiger partial charge >= 0.3 is 0 Å². The number of aryl methyl sites for hydroxylation is 1. The summed E-state index contributed by atoms with van der Waals surface area (Å²) in [6.45, 7) is 4.06. The molecule has 1 aliphatic carbocycles. The predicted octanol–water partition coefficient (Wildman–Crippen LogP) is 2.04. The Balaban J connectivity index is 2.10. The molecular formula is C13H16O3. The molecule has 0 amide bonds. The van der Waals surface area contributed by atoms with E-state index in [1.165, 1.54) is 5.56 Å². The second kappa shape index (κ2) is 4.26. The van der Waals surface area contributed by atoms with Crippen molar-refractivity contribution in [1.29, 1.82) is 0 Å². The van der Waals surface area contributed by atoms with Gasteiger partial charge in [-0.25, -0.2) is 0 Å². The third-order valence-corrected chi connectivity index (χ3v) is 3.14. The number of rotatable bonds is 3. The third kappa shape index (κ3) is 1.83. The maximum absolute atomic E-state index is 11.2. The van der Waals surface area contributed by atoms with E-state index in [4.69, 9.17) is 9.47 Å². The molecule has 0 N–H and O–H groups in total. The number of hydrogen-bond donors (Lipinski definition) is 0. The van der Waals surface area contributed by atoms with Crippen LogP contribution in [0.15, 0.2) is 18.2 Å². The van der Waals surface area contributed by atoms with Crippen molar-refractivity contribution in [2.45, 2.75) is 32.5 Å². The van der Waals surface area contributed by atoms with Crippen LogP contribution in [0, 0.1) is 13.8 Å². The number of carbonyl (C=O) groups excluding carboxylic acids is 1.